The molecule has 1 saturated heterocycles. The van der Waals surface area contributed by atoms with Gasteiger partial charge in [0.15, 0.2) is 0 Å². The van der Waals surface area contributed by atoms with Gasteiger partial charge in [0.1, 0.15) is 5.01 Å². The van der Waals surface area contributed by atoms with Crippen molar-refractivity contribution in [3.8, 4) is 0 Å². The zero-order chi connectivity index (χ0) is 10.9. The second-order valence-corrected chi connectivity index (χ2v) is 5.59. The van der Waals surface area contributed by atoms with Crippen LogP contribution in [0, 0.1) is 0 Å². The summed E-state index contributed by atoms with van der Waals surface area (Å²) in [5.41, 5.74) is 0.0739. The topological polar surface area (TPSA) is 28.2 Å². The summed E-state index contributed by atoms with van der Waals surface area (Å²) in [4.78, 5) is 6.97. The van der Waals surface area contributed by atoms with Gasteiger partial charge in [-0.05, 0) is 20.8 Å². The van der Waals surface area contributed by atoms with Crippen LogP contribution in [0.5, 0.6) is 0 Å². The molecule has 1 aliphatic rings. The van der Waals surface area contributed by atoms with Crippen LogP contribution >= 0.6 is 11.3 Å². The smallest absolute Gasteiger partial charge is 0.112 e. The van der Waals surface area contributed by atoms with Crippen molar-refractivity contribution in [2.75, 3.05) is 19.6 Å². The first-order chi connectivity index (χ1) is 7.10. The minimum atomic E-state index is 0.0739. The van der Waals surface area contributed by atoms with Crippen molar-refractivity contribution in [3.63, 3.8) is 0 Å². The molecule has 0 spiro atoms. The monoisotopic (exact) mass is 225 g/mol. The minimum absolute atomic E-state index is 0.0739. The van der Waals surface area contributed by atoms with E-state index in [1.165, 1.54) is 5.01 Å². The number of rotatable bonds is 2. The fourth-order valence-corrected chi connectivity index (χ4v) is 2.89. The maximum Gasteiger partial charge on any atom is 0.112 e. The van der Waals surface area contributed by atoms with Crippen molar-refractivity contribution in [2.45, 2.75) is 32.4 Å². The quantitative estimate of drug-likeness (QED) is 0.830. The Bertz CT molecular complexity index is 308. The largest absolute Gasteiger partial charge is 0.312 e. The highest BCUT2D eigenvalue weighted by molar-refractivity contribution is 7.09. The van der Waals surface area contributed by atoms with Gasteiger partial charge >= 0.3 is 0 Å². The van der Waals surface area contributed by atoms with Crippen LogP contribution in [0.4, 0.5) is 0 Å². The molecule has 4 heteroatoms. The van der Waals surface area contributed by atoms with Gasteiger partial charge in [0.05, 0.1) is 5.54 Å². The fourth-order valence-electron chi connectivity index (χ4n) is 2.10. The highest BCUT2D eigenvalue weighted by atomic mass is 32.1. The van der Waals surface area contributed by atoms with Crippen LogP contribution in [0.2, 0.25) is 0 Å². The molecule has 2 rings (SSSR count). The van der Waals surface area contributed by atoms with E-state index >= 15 is 0 Å². The van der Waals surface area contributed by atoms with Gasteiger partial charge in [-0.1, -0.05) is 0 Å². The van der Waals surface area contributed by atoms with Crippen LogP contribution in [0.15, 0.2) is 11.6 Å². The number of thiazole rings is 1. The third kappa shape index (κ3) is 2.22. The number of nitrogens with zero attached hydrogens (tertiary/aromatic N) is 2. The molecule has 1 N–H and O–H groups in total. The van der Waals surface area contributed by atoms with Crippen LogP contribution in [-0.4, -0.2) is 35.6 Å². The predicted octanol–water partition coefficient (Wildman–Crippen LogP) is 1.67. The summed E-state index contributed by atoms with van der Waals surface area (Å²) in [6.07, 6.45) is 1.90. The van der Waals surface area contributed by atoms with Crippen molar-refractivity contribution in [1.82, 2.24) is 15.2 Å². The van der Waals surface area contributed by atoms with Gasteiger partial charge < -0.3 is 5.32 Å². The fraction of sp³-hybridized carbons (Fsp3) is 0.727. The van der Waals surface area contributed by atoms with Gasteiger partial charge in [0.25, 0.3) is 0 Å². The van der Waals surface area contributed by atoms with Crippen molar-refractivity contribution >= 4 is 11.3 Å². The van der Waals surface area contributed by atoms with Gasteiger partial charge in [0.2, 0.25) is 0 Å². The van der Waals surface area contributed by atoms with Gasteiger partial charge in [-0.15, -0.1) is 11.3 Å². The zero-order valence-electron chi connectivity index (χ0n) is 9.66. The van der Waals surface area contributed by atoms with E-state index in [-0.39, 0.29) is 5.54 Å². The first-order valence-corrected chi connectivity index (χ1v) is 6.37. The second-order valence-electron chi connectivity index (χ2n) is 4.70. The van der Waals surface area contributed by atoms with E-state index in [1.807, 2.05) is 6.20 Å². The average Bonchev–Trinajstić information content (AvgIpc) is 2.71. The Morgan fingerprint density at radius 2 is 2.40 bits per heavy atom. The first kappa shape index (κ1) is 11.0. The van der Waals surface area contributed by atoms with Gasteiger partial charge in [-0.3, -0.25) is 4.90 Å². The molecule has 0 aromatic carbocycles. The van der Waals surface area contributed by atoms with Crippen LogP contribution < -0.4 is 5.32 Å². The number of nitrogens with one attached hydrogen (secondary N) is 1. The Labute approximate surface area is 95.5 Å². The summed E-state index contributed by atoms with van der Waals surface area (Å²) >= 11 is 1.75. The molecular weight excluding hydrogens is 206 g/mol. The van der Waals surface area contributed by atoms with Crippen LogP contribution in [-0.2, 0) is 5.54 Å². The maximum atomic E-state index is 4.44. The third-order valence-electron chi connectivity index (χ3n) is 3.12. The lowest BCUT2D eigenvalue weighted by molar-refractivity contribution is 0.0843. The molecule has 0 amide bonds. The van der Waals surface area contributed by atoms with E-state index in [1.54, 1.807) is 11.3 Å². The van der Waals surface area contributed by atoms with Crippen LogP contribution in [0.3, 0.4) is 0 Å². The summed E-state index contributed by atoms with van der Waals surface area (Å²) in [5, 5.41) is 6.75. The van der Waals surface area contributed by atoms with E-state index in [4.69, 9.17) is 0 Å². The Morgan fingerprint density at radius 1 is 1.60 bits per heavy atom. The SMILES string of the molecule is CC1CN(C(C)(C)c2nccs2)CCN1. The second kappa shape index (κ2) is 4.20. The third-order valence-corrected chi connectivity index (χ3v) is 4.20. The normalized spacial score (nSPS) is 24.3. The highest BCUT2D eigenvalue weighted by Gasteiger charge is 2.33. The first-order valence-electron chi connectivity index (χ1n) is 5.49. The molecule has 0 radical (unpaired) electrons. The summed E-state index contributed by atoms with van der Waals surface area (Å²) in [5.74, 6) is 0. The lowest BCUT2D eigenvalue weighted by atomic mass is 10.0. The summed E-state index contributed by atoms with van der Waals surface area (Å²) in [6, 6.07) is 0.581. The molecule has 84 valence electrons. The van der Waals surface area contributed by atoms with Crippen molar-refractivity contribution in [1.29, 1.82) is 0 Å². The Balaban J connectivity index is 2.14. The molecular formula is C11H19N3S. The molecule has 15 heavy (non-hydrogen) atoms. The number of hydrogen-bond acceptors (Lipinski definition) is 4. The van der Waals surface area contributed by atoms with E-state index < -0.39 is 0 Å². The molecule has 1 aromatic rings. The van der Waals surface area contributed by atoms with Gasteiger partial charge in [-0.25, -0.2) is 4.98 Å². The molecule has 1 aromatic heterocycles. The van der Waals surface area contributed by atoms with Gasteiger partial charge in [-0.2, -0.15) is 0 Å². The number of aromatic nitrogens is 1. The average molecular weight is 225 g/mol. The Kier molecular flexibility index (Phi) is 3.09. The molecule has 0 saturated carbocycles. The molecule has 2 heterocycles. The van der Waals surface area contributed by atoms with E-state index in [2.05, 4.69) is 41.4 Å². The minimum Gasteiger partial charge on any atom is -0.312 e. The van der Waals surface area contributed by atoms with Crippen molar-refractivity contribution < 1.29 is 0 Å². The summed E-state index contributed by atoms with van der Waals surface area (Å²) in [6.45, 7) is 10.1. The van der Waals surface area contributed by atoms with Gasteiger partial charge in [0, 0.05) is 37.3 Å². The molecule has 1 atom stereocenters. The zero-order valence-corrected chi connectivity index (χ0v) is 10.5. The number of piperazine rings is 1. The maximum absolute atomic E-state index is 4.44. The van der Waals surface area contributed by atoms with Crippen LogP contribution in [0.1, 0.15) is 25.8 Å². The molecule has 3 nitrogen and oxygen atoms in total. The Morgan fingerprint density at radius 3 is 3.00 bits per heavy atom. The molecule has 1 aliphatic heterocycles. The van der Waals surface area contributed by atoms with E-state index in [9.17, 15) is 0 Å². The van der Waals surface area contributed by atoms with Crippen molar-refractivity contribution in [3.05, 3.63) is 16.6 Å². The number of hydrogen-bond donors (Lipinski definition) is 1. The molecule has 0 bridgehead atoms. The lowest BCUT2D eigenvalue weighted by Crippen LogP contribution is -2.55. The lowest BCUT2D eigenvalue weighted by Gasteiger charge is -2.42. The van der Waals surface area contributed by atoms with E-state index in [0.717, 1.165) is 19.6 Å². The van der Waals surface area contributed by atoms with E-state index in [0.29, 0.717) is 6.04 Å². The highest BCUT2D eigenvalue weighted by Crippen LogP contribution is 2.29. The summed E-state index contributed by atoms with van der Waals surface area (Å²) in [7, 11) is 0. The standard InChI is InChI=1S/C11H19N3S/c1-9-8-14(6-4-12-9)11(2,3)10-13-5-7-15-10/h5,7,9,12H,4,6,8H2,1-3H3. The Hall–Kier alpha value is -0.450. The summed E-state index contributed by atoms with van der Waals surface area (Å²) < 4.78 is 0. The van der Waals surface area contributed by atoms with Crippen molar-refractivity contribution in [2.24, 2.45) is 0 Å². The molecule has 0 aliphatic carbocycles. The van der Waals surface area contributed by atoms with Crippen LogP contribution in [0.25, 0.3) is 0 Å². The molecule has 1 fully saturated rings. The predicted molar refractivity (Wildman–Crippen MR) is 64.2 cm³/mol. The molecule has 1 unspecified atom stereocenters.